The van der Waals surface area contributed by atoms with Crippen molar-refractivity contribution < 1.29 is 18.8 Å². The van der Waals surface area contributed by atoms with Gasteiger partial charge in [0.15, 0.2) is 0 Å². The van der Waals surface area contributed by atoms with Crippen LogP contribution in [0.2, 0.25) is 0 Å². The van der Waals surface area contributed by atoms with E-state index < -0.39 is 11.7 Å². The fourth-order valence-corrected chi connectivity index (χ4v) is 3.67. The molecule has 0 radical (unpaired) electrons. The van der Waals surface area contributed by atoms with Crippen LogP contribution in [0.5, 0.6) is 0 Å². The summed E-state index contributed by atoms with van der Waals surface area (Å²) in [4.78, 5) is 40.4. The number of carbonyl (C=O) groups is 3. The summed E-state index contributed by atoms with van der Waals surface area (Å²) in [6.45, 7) is 5.52. The van der Waals surface area contributed by atoms with Gasteiger partial charge in [0.25, 0.3) is 0 Å². The summed E-state index contributed by atoms with van der Waals surface area (Å²) >= 11 is 0. The van der Waals surface area contributed by atoms with E-state index in [1.165, 1.54) is 15.9 Å². The summed E-state index contributed by atoms with van der Waals surface area (Å²) in [6, 6.07) is 10.3. The Morgan fingerprint density at radius 3 is 2.43 bits per heavy atom. The molecular weight excluding hydrogens is 385 g/mol. The van der Waals surface area contributed by atoms with E-state index in [1.807, 2.05) is 32.0 Å². The van der Waals surface area contributed by atoms with Crippen LogP contribution >= 0.6 is 0 Å². The number of halogens is 1. The quantitative estimate of drug-likeness (QED) is 0.822. The highest BCUT2D eigenvalue weighted by Gasteiger charge is 2.37. The Kier molecular flexibility index (Phi) is 6.20. The summed E-state index contributed by atoms with van der Waals surface area (Å²) in [7, 11) is 1.55. The van der Waals surface area contributed by atoms with Crippen molar-refractivity contribution in [2.75, 3.05) is 30.4 Å². The molecule has 0 aromatic heterocycles. The highest BCUT2D eigenvalue weighted by atomic mass is 19.1. The molecule has 0 spiro atoms. The molecule has 3 rings (SSSR count). The topological polar surface area (TPSA) is 69.7 Å². The van der Waals surface area contributed by atoms with E-state index in [0.717, 1.165) is 16.8 Å². The first-order valence-electron chi connectivity index (χ1n) is 9.85. The van der Waals surface area contributed by atoms with Crippen LogP contribution in [0.1, 0.15) is 23.1 Å². The lowest BCUT2D eigenvalue weighted by molar-refractivity contribution is -0.137. The predicted octanol–water partition coefficient (Wildman–Crippen LogP) is 3.20. The number of likely N-dealkylation sites (N-methyl/N-ethyl adjacent to an activating group) is 1. The summed E-state index contributed by atoms with van der Waals surface area (Å²) < 4.78 is 13.9. The van der Waals surface area contributed by atoms with Crippen LogP contribution in [-0.2, 0) is 14.4 Å². The number of para-hydroxylation sites is 1. The number of hydrogen-bond acceptors (Lipinski definition) is 3. The van der Waals surface area contributed by atoms with Crippen LogP contribution in [0.4, 0.5) is 15.8 Å². The van der Waals surface area contributed by atoms with Gasteiger partial charge >= 0.3 is 0 Å². The molecule has 1 heterocycles. The van der Waals surface area contributed by atoms with Gasteiger partial charge in [0.1, 0.15) is 5.82 Å². The van der Waals surface area contributed by atoms with Gasteiger partial charge in [-0.2, -0.15) is 0 Å². The SMILES string of the molecule is Cc1ccc(N2CC(C(=O)N(C)CC(=O)Nc3c(C)cccc3C)CC2=O)cc1F. The van der Waals surface area contributed by atoms with E-state index in [2.05, 4.69) is 5.32 Å². The van der Waals surface area contributed by atoms with Gasteiger partial charge in [0.2, 0.25) is 17.7 Å². The van der Waals surface area contributed by atoms with Gasteiger partial charge in [-0.1, -0.05) is 24.3 Å². The number of aryl methyl sites for hydroxylation is 3. The highest BCUT2D eigenvalue weighted by Crippen LogP contribution is 2.27. The highest BCUT2D eigenvalue weighted by molar-refractivity contribution is 6.01. The maximum Gasteiger partial charge on any atom is 0.243 e. The van der Waals surface area contributed by atoms with Crippen LogP contribution in [0, 0.1) is 32.5 Å². The normalized spacial score (nSPS) is 16.0. The molecule has 0 bridgehead atoms. The van der Waals surface area contributed by atoms with Crippen LogP contribution in [0.15, 0.2) is 36.4 Å². The molecular formula is C23H26FN3O3. The first-order chi connectivity index (χ1) is 14.2. The second-order valence-electron chi connectivity index (χ2n) is 7.85. The van der Waals surface area contributed by atoms with E-state index in [1.54, 1.807) is 26.1 Å². The van der Waals surface area contributed by atoms with E-state index in [-0.39, 0.29) is 37.2 Å². The standard InChI is InChI=1S/C23H26FN3O3/c1-14-8-9-18(11-19(14)24)27-12-17(10-21(27)29)23(30)26(4)13-20(28)25-22-15(2)6-5-7-16(22)3/h5-9,11,17H,10,12-13H2,1-4H3,(H,25,28). The molecule has 30 heavy (non-hydrogen) atoms. The minimum atomic E-state index is -0.570. The van der Waals surface area contributed by atoms with E-state index in [9.17, 15) is 18.8 Å². The summed E-state index contributed by atoms with van der Waals surface area (Å²) in [6.07, 6.45) is 0.0389. The number of nitrogens with one attached hydrogen (secondary N) is 1. The Morgan fingerprint density at radius 1 is 1.13 bits per heavy atom. The van der Waals surface area contributed by atoms with Gasteiger partial charge in [-0.05, 0) is 49.6 Å². The molecule has 158 valence electrons. The molecule has 1 fully saturated rings. The van der Waals surface area contributed by atoms with Crippen molar-refractivity contribution in [3.05, 3.63) is 58.9 Å². The molecule has 0 saturated carbocycles. The summed E-state index contributed by atoms with van der Waals surface area (Å²) in [5.41, 5.74) is 3.56. The van der Waals surface area contributed by atoms with Gasteiger partial charge in [0.05, 0.1) is 12.5 Å². The molecule has 1 atom stereocenters. The lowest BCUT2D eigenvalue weighted by Crippen LogP contribution is -2.39. The number of nitrogens with zero attached hydrogens (tertiary/aromatic N) is 2. The minimum Gasteiger partial charge on any atom is -0.336 e. The molecule has 1 unspecified atom stereocenters. The Balaban J connectivity index is 1.62. The molecule has 2 aromatic rings. The molecule has 7 heteroatoms. The Labute approximate surface area is 175 Å². The van der Waals surface area contributed by atoms with Crippen molar-refractivity contribution in [2.45, 2.75) is 27.2 Å². The number of carbonyl (C=O) groups excluding carboxylic acids is 3. The maximum absolute atomic E-state index is 13.9. The van der Waals surface area contributed by atoms with Crippen LogP contribution in [-0.4, -0.2) is 42.8 Å². The van der Waals surface area contributed by atoms with Crippen molar-refractivity contribution in [2.24, 2.45) is 5.92 Å². The molecule has 3 amide bonds. The molecule has 1 aliphatic heterocycles. The molecule has 0 aliphatic carbocycles. The summed E-state index contributed by atoms with van der Waals surface area (Å²) in [5, 5.41) is 2.86. The first-order valence-corrected chi connectivity index (χ1v) is 9.85. The maximum atomic E-state index is 13.9. The first kappa shape index (κ1) is 21.5. The van der Waals surface area contributed by atoms with Gasteiger partial charge in [-0.25, -0.2) is 4.39 Å². The third-order valence-corrected chi connectivity index (χ3v) is 5.44. The zero-order chi connectivity index (χ0) is 22.0. The molecule has 1 aliphatic rings. The molecule has 2 aromatic carbocycles. The lowest BCUT2D eigenvalue weighted by Gasteiger charge is -2.22. The fraction of sp³-hybridized carbons (Fsp3) is 0.348. The predicted molar refractivity (Wildman–Crippen MR) is 114 cm³/mol. The van der Waals surface area contributed by atoms with Crippen molar-refractivity contribution in [1.82, 2.24) is 4.90 Å². The molecule has 1 N–H and O–H groups in total. The zero-order valence-corrected chi connectivity index (χ0v) is 17.7. The average Bonchev–Trinajstić information content (AvgIpc) is 3.08. The molecule has 6 nitrogen and oxygen atoms in total. The molecule has 1 saturated heterocycles. The van der Waals surface area contributed by atoms with Crippen LogP contribution in [0.3, 0.4) is 0 Å². The minimum absolute atomic E-state index is 0.0389. The van der Waals surface area contributed by atoms with E-state index >= 15 is 0 Å². The third kappa shape index (κ3) is 4.50. The largest absolute Gasteiger partial charge is 0.336 e. The number of benzene rings is 2. The second-order valence-corrected chi connectivity index (χ2v) is 7.85. The number of rotatable bonds is 5. The van der Waals surface area contributed by atoms with Crippen LogP contribution in [0.25, 0.3) is 0 Å². The van der Waals surface area contributed by atoms with Gasteiger partial charge in [0, 0.05) is 31.4 Å². The number of hydrogen-bond donors (Lipinski definition) is 1. The van der Waals surface area contributed by atoms with Gasteiger partial charge < -0.3 is 15.1 Å². The van der Waals surface area contributed by atoms with Gasteiger partial charge in [-0.15, -0.1) is 0 Å². The van der Waals surface area contributed by atoms with Crippen molar-refractivity contribution in [1.29, 1.82) is 0 Å². The Hall–Kier alpha value is -3.22. The number of amides is 3. The smallest absolute Gasteiger partial charge is 0.243 e. The fourth-order valence-electron chi connectivity index (χ4n) is 3.67. The van der Waals surface area contributed by atoms with Crippen LogP contribution < -0.4 is 10.2 Å². The van der Waals surface area contributed by atoms with Crippen molar-refractivity contribution >= 4 is 29.1 Å². The lowest BCUT2D eigenvalue weighted by atomic mass is 10.1. The van der Waals surface area contributed by atoms with Crippen molar-refractivity contribution in [3.63, 3.8) is 0 Å². The van der Waals surface area contributed by atoms with E-state index in [0.29, 0.717) is 11.3 Å². The average molecular weight is 411 g/mol. The van der Waals surface area contributed by atoms with Crippen molar-refractivity contribution in [3.8, 4) is 0 Å². The third-order valence-electron chi connectivity index (χ3n) is 5.44. The van der Waals surface area contributed by atoms with Gasteiger partial charge in [-0.3, -0.25) is 14.4 Å². The Bertz CT molecular complexity index is 985. The second kappa shape index (κ2) is 8.65. The zero-order valence-electron chi connectivity index (χ0n) is 17.7. The monoisotopic (exact) mass is 411 g/mol. The van der Waals surface area contributed by atoms with E-state index in [4.69, 9.17) is 0 Å². The summed E-state index contributed by atoms with van der Waals surface area (Å²) in [5.74, 6) is -1.78. The number of anilines is 2. The Morgan fingerprint density at radius 2 is 1.80 bits per heavy atom.